The highest BCUT2D eigenvalue weighted by atomic mass is 32.2. The van der Waals surface area contributed by atoms with Crippen LogP contribution in [0.4, 0.5) is 11.9 Å². The van der Waals surface area contributed by atoms with Crippen LogP contribution in [-0.4, -0.2) is 51.4 Å². The lowest BCUT2D eigenvalue weighted by molar-refractivity contribution is 0.312. The van der Waals surface area contributed by atoms with Gasteiger partial charge < -0.3 is 15.4 Å². The van der Waals surface area contributed by atoms with E-state index in [-0.39, 0.29) is 6.01 Å². The zero-order valence-electron chi connectivity index (χ0n) is 10.2. The Morgan fingerprint density at radius 3 is 2.59 bits per heavy atom. The first kappa shape index (κ1) is 13.6. The number of hydrogen-bond acceptors (Lipinski definition) is 7. The van der Waals surface area contributed by atoms with E-state index in [0.717, 1.165) is 0 Å². The molecule has 1 unspecified atom stereocenters. The van der Waals surface area contributed by atoms with Crippen molar-refractivity contribution >= 4 is 22.7 Å². The normalized spacial score (nSPS) is 11.9. The van der Waals surface area contributed by atoms with Crippen LogP contribution in [-0.2, 0) is 10.8 Å². The molecule has 2 N–H and O–H groups in total. The van der Waals surface area contributed by atoms with E-state index in [1.807, 2.05) is 6.92 Å². The van der Waals surface area contributed by atoms with Crippen LogP contribution in [0.3, 0.4) is 0 Å². The molecule has 7 nitrogen and oxygen atoms in total. The Bertz CT molecular complexity index is 388. The molecule has 0 aliphatic carbocycles. The summed E-state index contributed by atoms with van der Waals surface area (Å²) in [6.45, 7) is 2.89. The fourth-order valence-corrected chi connectivity index (χ4v) is 1.44. The van der Waals surface area contributed by atoms with Crippen LogP contribution in [0.5, 0.6) is 6.01 Å². The zero-order valence-corrected chi connectivity index (χ0v) is 11.0. The van der Waals surface area contributed by atoms with Gasteiger partial charge in [-0.1, -0.05) is 0 Å². The largest absolute Gasteiger partial charge is 0.464 e. The van der Waals surface area contributed by atoms with Crippen molar-refractivity contribution in [1.82, 2.24) is 15.0 Å². The van der Waals surface area contributed by atoms with Crippen molar-refractivity contribution in [3.63, 3.8) is 0 Å². The SMILES string of the molecule is CCOc1nc(NC)nc(NCCS(C)=O)n1. The second kappa shape index (κ2) is 7.00. The van der Waals surface area contributed by atoms with Crippen molar-refractivity contribution in [2.45, 2.75) is 6.92 Å². The van der Waals surface area contributed by atoms with Crippen LogP contribution in [0.15, 0.2) is 0 Å². The Balaban J connectivity index is 2.69. The molecule has 1 atom stereocenters. The summed E-state index contributed by atoms with van der Waals surface area (Å²) < 4.78 is 16.1. The van der Waals surface area contributed by atoms with Gasteiger partial charge >= 0.3 is 6.01 Å². The van der Waals surface area contributed by atoms with E-state index in [1.54, 1.807) is 13.3 Å². The maximum Gasteiger partial charge on any atom is 0.323 e. The Hall–Kier alpha value is -1.44. The van der Waals surface area contributed by atoms with E-state index >= 15 is 0 Å². The summed E-state index contributed by atoms with van der Waals surface area (Å²) in [4.78, 5) is 12.2. The molecule has 0 spiro atoms. The van der Waals surface area contributed by atoms with Gasteiger partial charge in [-0.2, -0.15) is 15.0 Å². The number of anilines is 2. The molecule has 1 aromatic heterocycles. The summed E-state index contributed by atoms with van der Waals surface area (Å²) in [6.07, 6.45) is 1.65. The minimum absolute atomic E-state index is 0.270. The quantitative estimate of drug-likeness (QED) is 0.718. The van der Waals surface area contributed by atoms with Crippen LogP contribution in [0, 0.1) is 0 Å². The third-order valence-corrected chi connectivity index (χ3v) is 2.56. The lowest BCUT2D eigenvalue weighted by Gasteiger charge is -2.07. The summed E-state index contributed by atoms with van der Waals surface area (Å²) in [5.74, 6) is 1.40. The molecule has 8 heteroatoms. The standard InChI is InChI=1S/C9H17N5O2S/c1-4-16-9-13-7(10-2)12-8(14-9)11-5-6-17(3)15/h4-6H2,1-3H3,(H2,10,11,12,13,14). The second-order valence-corrected chi connectivity index (χ2v) is 4.71. The third kappa shape index (κ3) is 4.94. The average molecular weight is 259 g/mol. The van der Waals surface area contributed by atoms with Crippen LogP contribution in [0.2, 0.25) is 0 Å². The number of nitrogens with zero attached hydrogens (tertiary/aromatic N) is 3. The molecule has 0 bridgehead atoms. The average Bonchev–Trinajstić information content (AvgIpc) is 2.28. The molecule has 0 saturated heterocycles. The molecule has 0 amide bonds. The highest BCUT2D eigenvalue weighted by Crippen LogP contribution is 2.10. The van der Waals surface area contributed by atoms with Gasteiger partial charge in [-0.3, -0.25) is 4.21 Å². The van der Waals surface area contributed by atoms with Gasteiger partial charge in [-0.15, -0.1) is 0 Å². The van der Waals surface area contributed by atoms with Crippen LogP contribution < -0.4 is 15.4 Å². The van der Waals surface area contributed by atoms with Crippen molar-refractivity contribution in [3.05, 3.63) is 0 Å². The molecule has 1 aromatic rings. The Morgan fingerprint density at radius 2 is 2.00 bits per heavy atom. The maximum atomic E-state index is 10.9. The molecular weight excluding hydrogens is 242 g/mol. The smallest absolute Gasteiger partial charge is 0.323 e. The Kier molecular flexibility index (Phi) is 5.61. The fourth-order valence-electron chi connectivity index (χ4n) is 1.05. The molecule has 17 heavy (non-hydrogen) atoms. The summed E-state index contributed by atoms with van der Waals surface area (Å²) in [5.41, 5.74) is 0. The second-order valence-electron chi connectivity index (χ2n) is 3.15. The number of nitrogens with one attached hydrogen (secondary N) is 2. The Labute approximate surface area is 103 Å². The zero-order chi connectivity index (χ0) is 12.7. The maximum absolute atomic E-state index is 10.9. The van der Waals surface area contributed by atoms with Crippen LogP contribution >= 0.6 is 0 Å². The predicted octanol–water partition coefficient (Wildman–Crippen LogP) is 0.102. The summed E-state index contributed by atoms with van der Waals surface area (Å²) in [5, 5.41) is 5.80. The van der Waals surface area contributed by atoms with Gasteiger partial charge in [0.25, 0.3) is 0 Å². The first-order valence-corrected chi connectivity index (χ1v) is 6.99. The minimum atomic E-state index is -0.836. The summed E-state index contributed by atoms with van der Waals surface area (Å²) in [7, 11) is 0.883. The number of hydrogen-bond donors (Lipinski definition) is 2. The van der Waals surface area contributed by atoms with E-state index in [1.165, 1.54) is 0 Å². The van der Waals surface area contributed by atoms with Gasteiger partial charge in [0.1, 0.15) is 0 Å². The summed E-state index contributed by atoms with van der Waals surface area (Å²) >= 11 is 0. The highest BCUT2D eigenvalue weighted by molar-refractivity contribution is 7.84. The fraction of sp³-hybridized carbons (Fsp3) is 0.667. The summed E-state index contributed by atoms with van der Waals surface area (Å²) in [6, 6.07) is 0.270. The first-order chi connectivity index (χ1) is 8.15. The van der Waals surface area contributed by atoms with E-state index in [0.29, 0.717) is 30.8 Å². The topological polar surface area (TPSA) is 89.0 Å². The van der Waals surface area contributed by atoms with Gasteiger partial charge in [0, 0.05) is 36.4 Å². The van der Waals surface area contributed by atoms with E-state index in [2.05, 4.69) is 25.6 Å². The molecule has 0 aromatic carbocycles. The lowest BCUT2D eigenvalue weighted by atomic mass is 10.7. The first-order valence-electron chi connectivity index (χ1n) is 5.26. The lowest BCUT2D eigenvalue weighted by Crippen LogP contribution is -2.14. The molecule has 0 aliphatic rings. The van der Waals surface area contributed by atoms with Gasteiger partial charge in [0.05, 0.1) is 6.61 Å². The molecule has 0 radical (unpaired) electrons. The number of rotatable bonds is 7. The van der Waals surface area contributed by atoms with Gasteiger partial charge in [-0.25, -0.2) is 0 Å². The number of ether oxygens (including phenoxy) is 1. The van der Waals surface area contributed by atoms with Crippen molar-refractivity contribution in [2.75, 3.05) is 42.8 Å². The third-order valence-electron chi connectivity index (χ3n) is 1.78. The van der Waals surface area contributed by atoms with Crippen molar-refractivity contribution < 1.29 is 8.95 Å². The van der Waals surface area contributed by atoms with Crippen molar-refractivity contribution in [2.24, 2.45) is 0 Å². The van der Waals surface area contributed by atoms with Crippen LogP contribution in [0.25, 0.3) is 0 Å². The van der Waals surface area contributed by atoms with Gasteiger partial charge in [0.2, 0.25) is 11.9 Å². The van der Waals surface area contributed by atoms with E-state index in [9.17, 15) is 4.21 Å². The molecule has 96 valence electrons. The minimum Gasteiger partial charge on any atom is -0.464 e. The van der Waals surface area contributed by atoms with Gasteiger partial charge in [0.15, 0.2) is 0 Å². The molecule has 0 fully saturated rings. The molecule has 0 aliphatic heterocycles. The molecular formula is C9H17N5O2S. The molecule has 1 heterocycles. The number of aromatic nitrogens is 3. The predicted molar refractivity (Wildman–Crippen MR) is 68.0 cm³/mol. The highest BCUT2D eigenvalue weighted by Gasteiger charge is 2.05. The van der Waals surface area contributed by atoms with Crippen LogP contribution in [0.1, 0.15) is 6.92 Å². The molecule has 0 saturated carbocycles. The van der Waals surface area contributed by atoms with E-state index < -0.39 is 10.8 Å². The van der Waals surface area contributed by atoms with Gasteiger partial charge in [-0.05, 0) is 6.92 Å². The molecule has 1 rings (SSSR count). The van der Waals surface area contributed by atoms with Crippen molar-refractivity contribution in [3.8, 4) is 6.01 Å². The Morgan fingerprint density at radius 1 is 1.29 bits per heavy atom. The van der Waals surface area contributed by atoms with E-state index in [4.69, 9.17) is 4.74 Å². The monoisotopic (exact) mass is 259 g/mol. The van der Waals surface area contributed by atoms with Crippen molar-refractivity contribution in [1.29, 1.82) is 0 Å².